The number of hydrogen-bond acceptors (Lipinski definition) is 5. The molecule has 0 unspecified atom stereocenters. The Morgan fingerprint density at radius 2 is 2.12 bits per heavy atom. The van der Waals surface area contributed by atoms with Crippen molar-refractivity contribution in [3.63, 3.8) is 0 Å². The second kappa shape index (κ2) is 9.81. The van der Waals surface area contributed by atoms with Crippen molar-refractivity contribution in [2.45, 2.75) is 52.1 Å². The molecule has 1 fully saturated rings. The van der Waals surface area contributed by atoms with Crippen LogP contribution in [0.3, 0.4) is 0 Å². The van der Waals surface area contributed by atoms with E-state index in [-0.39, 0.29) is 35.0 Å². The minimum Gasteiger partial charge on any atom is -0.392 e. The van der Waals surface area contributed by atoms with Gasteiger partial charge in [0.25, 0.3) is 0 Å². The van der Waals surface area contributed by atoms with E-state index in [9.17, 15) is 9.90 Å². The van der Waals surface area contributed by atoms with Crippen molar-refractivity contribution in [2.75, 3.05) is 18.9 Å². The predicted molar refractivity (Wildman–Crippen MR) is 141 cm³/mol. The topological polar surface area (TPSA) is 65.5 Å². The van der Waals surface area contributed by atoms with Crippen molar-refractivity contribution >= 4 is 51.3 Å². The van der Waals surface area contributed by atoms with E-state index in [1.54, 1.807) is 41.5 Å². The molecule has 0 spiro atoms. The molecule has 2 N–H and O–H groups in total. The third-order valence-electron chi connectivity index (χ3n) is 7.93. The Balaban J connectivity index is 1.59. The molecular formula is C26H33Cl2N3O2S. The van der Waals surface area contributed by atoms with Gasteiger partial charge in [0, 0.05) is 30.3 Å². The number of nitrogens with zero attached hydrogens (tertiary/aromatic N) is 2. The molecule has 6 atom stereocenters. The number of rotatable bonds is 6. The summed E-state index contributed by atoms with van der Waals surface area (Å²) >= 11 is 14.3. The van der Waals surface area contributed by atoms with Crippen LogP contribution in [0.5, 0.6) is 0 Å². The van der Waals surface area contributed by atoms with Gasteiger partial charge in [0.15, 0.2) is 5.13 Å². The van der Waals surface area contributed by atoms with Gasteiger partial charge in [-0.1, -0.05) is 56.1 Å². The lowest BCUT2D eigenvalue weighted by atomic mass is 9.53. The Bertz CT molecular complexity index is 1070. The van der Waals surface area contributed by atoms with E-state index in [1.807, 2.05) is 13.0 Å². The van der Waals surface area contributed by atoms with E-state index in [4.69, 9.17) is 28.2 Å². The molecule has 1 heterocycles. The molecule has 0 saturated heterocycles. The number of aromatic nitrogens is 1. The van der Waals surface area contributed by atoms with Crippen LogP contribution < -0.4 is 5.32 Å². The van der Waals surface area contributed by atoms with E-state index in [0.29, 0.717) is 22.3 Å². The number of aliphatic hydroxyl groups excluding tert-OH is 1. The normalized spacial score (nSPS) is 29.0. The largest absolute Gasteiger partial charge is 0.392 e. The number of hydrogen-bond donors (Lipinski definition) is 2. The summed E-state index contributed by atoms with van der Waals surface area (Å²) in [5.41, 5.74) is 1.65. The molecule has 8 heteroatoms. The van der Waals surface area contributed by atoms with E-state index in [2.05, 4.69) is 25.7 Å². The third kappa shape index (κ3) is 4.50. The first kappa shape index (κ1) is 25.5. The van der Waals surface area contributed by atoms with Gasteiger partial charge < -0.3 is 15.3 Å². The fraction of sp³-hybridized carbons (Fsp3) is 0.538. The first-order valence-corrected chi connectivity index (χ1v) is 13.4. The molecule has 0 aliphatic heterocycles. The molecule has 34 heavy (non-hydrogen) atoms. The molecule has 1 aromatic carbocycles. The van der Waals surface area contributed by atoms with Crippen LogP contribution in [0.15, 0.2) is 30.9 Å². The van der Waals surface area contributed by atoms with Gasteiger partial charge >= 0.3 is 0 Å². The van der Waals surface area contributed by atoms with Crippen molar-refractivity contribution in [2.24, 2.45) is 23.2 Å². The molecule has 5 nitrogen and oxygen atoms in total. The second-order valence-corrected chi connectivity index (χ2v) is 12.1. The van der Waals surface area contributed by atoms with Gasteiger partial charge in [-0.15, -0.1) is 17.9 Å². The highest BCUT2D eigenvalue weighted by Crippen LogP contribution is 2.57. The Hall–Kier alpha value is -1.60. The molecule has 2 aliphatic carbocycles. The van der Waals surface area contributed by atoms with Crippen LogP contribution in [-0.4, -0.2) is 40.6 Å². The third-order valence-corrected chi connectivity index (χ3v) is 9.54. The van der Waals surface area contributed by atoms with E-state index >= 15 is 0 Å². The van der Waals surface area contributed by atoms with Crippen molar-refractivity contribution < 1.29 is 9.90 Å². The van der Waals surface area contributed by atoms with Crippen LogP contribution in [0, 0.1) is 23.2 Å². The van der Waals surface area contributed by atoms with Crippen molar-refractivity contribution in [1.29, 1.82) is 0 Å². The number of amides is 1. The number of fused-ring (bicyclic) bond motifs is 2. The lowest BCUT2D eigenvalue weighted by molar-refractivity contribution is -0.143. The first-order chi connectivity index (χ1) is 16.1. The molecule has 0 bridgehead atoms. The quantitative estimate of drug-likeness (QED) is 0.424. The zero-order valence-electron chi connectivity index (χ0n) is 20.1. The summed E-state index contributed by atoms with van der Waals surface area (Å²) in [5.74, 6) is -0.132. The zero-order chi connectivity index (χ0) is 24.8. The van der Waals surface area contributed by atoms with Gasteiger partial charge in [-0.05, 0) is 48.6 Å². The average molecular weight is 523 g/mol. The molecule has 2 aromatic rings. The van der Waals surface area contributed by atoms with Crippen molar-refractivity contribution in [3.05, 3.63) is 51.5 Å². The van der Waals surface area contributed by atoms with Crippen LogP contribution in [0.4, 0.5) is 10.8 Å². The number of nitrogens with one attached hydrogen (secondary N) is 1. The number of halogens is 2. The van der Waals surface area contributed by atoms with Crippen LogP contribution in [0.1, 0.15) is 50.1 Å². The van der Waals surface area contributed by atoms with Crippen molar-refractivity contribution in [1.82, 2.24) is 9.88 Å². The molecule has 2 aliphatic rings. The zero-order valence-corrected chi connectivity index (χ0v) is 22.5. The SMILES string of the molecule is C=CCN(C)C(=O)[C@@H](C)[C@@H]1CC[C@]2(C)Cc3sc(Nc4c(Cl)cccc4Cl)nc3[C@H](C)[C@@H]2[C@H]1O. The molecule has 1 amide bonds. The summed E-state index contributed by atoms with van der Waals surface area (Å²) in [4.78, 5) is 20.8. The van der Waals surface area contributed by atoms with Crippen LogP contribution in [0.25, 0.3) is 0 Å². The van der Waals surface area contributed by atoms with Crippen LogP contribution in [-0.2, 0) is 11.2 Å². The minimum atomic E-state index is -0.561. The Kier molecular flexibility index (Phi) is 7.35. The van der Waals surface area contributed by atoms with Gasteiger partial charge in [-0.3, -0.25) is 4.79 Å². The lowest BCUT2D eigenvalue weighted by Gasteiger charge is -2.53. The maximum atomic E-state index is 13.0. The number of likely N-dealkylation sites (N-methyl/N-ethyl adjacent to an activating group) is 1. The Morgan fingerprint density at radius 3 is 2.76 bits per heavy atom. The van der Waals surface area contributed by atoms with Gasteiger partial charge in [0.1, 0.15) is 0 Å². The number of anilines is 2. The summed E-state index contributed by atoms with van der Waals surface area (Å²) < 4.78 is 0. The summed E-state index contributed by atoms with van der Waals surface area (Å²) in [7, 11) is 1.80. The number of thiazole rings is 1. The van der Waals surface area contributed by atoms with Gasteiger partial charge in [-0.2, -0.15) is 0 Å². The molecule has 1 saturated carbocycles. The second-order valence-electron chi connectivity index (χ2n) is 10.2. The maximum absolute atomic E-state index is 13.0. The Labute approximate surface area is 216 Å². The first-order valence-electron chi connectivity index (χ1n) is 11.8. The maximum Gasteiger partial charge on any atom is 0.225 e. The minimum absolute atomic E-state index is 0.0377. The summed E-state index contributed by atoms with van der Waals surface area (Å²) in [6.45, 7) is 10.6. The summed E-state index contributed by atoms with van der Waals surface area (Å²) in [6, 6.07) is 5.41. The molecule has 184 valence electrons. The van der Waals surface area contributed by atoms with E-state index in [1.165, 1.54) is 4.88 Å². The summed E-state index contributed by atoms with van der Waals surface area (Å²) in [6.07, 6.45) is 3.85. The highest BCUT2D eigenvalue weighted by molar-refractivity contribution is 7.15. The van der Waals surface area contributed by atoms with Gasteiger partial charge in [0.05, 0.1) is 27.5 Å². The fourth-order valence-electron chi connectivity index (χ4n) is 6.14. The smallest absolute Gasteiger partial charge is 0.225 e. The molecule has 0 radical (unpaired) electrons. The van der Waals surface area contributed by atoms with E-state index in [0.717, 1.165) is 30.1 Å². The van der Waals surface area contributed by atoms with Crippen LogP contribution >= 0.6 is 34.5 Å². The molecule has 1 aromatic heterocycles. The number of carbonyl (C=O) groups is 1. The summed E-state index contributed by atoms with van der Waals surface area (Å²) in [5, 5.41) is 16.8. The molecular weight excluding hydrogens is 489 g/mol. The van der Waals surface area contributed by atoms with Gasteiger partial charge in [-0.25, -0.2) is 4.98 Å². The number of carbonyl (C=O) groups excluding carboxylic acids is 1. The standard InChI is InChI=1S/C26H33Cl2N3O2S/c1-6-12-31(5)24(33)14(2)16-10-11-26(4)13-19-21(15(3)20(26)23(16)32)29-25(34-19)30-22-17(27)8-7-9-18(22)28/h6-9,14-16,20,23,32H,1,10-13H2,2-5H3,(H,29,30)/t14-,15+,16-,20+,23-,26+/m0/s1. The number of benzene rings is 1. The predicted octanol–water partition coefficient (Wildman–Crippen LogP) is 6.53. The highest BCUT2D eigenvalue weighted by atomic mass is 35.5. The molecule has 4 rings (SSSR count). The van der Waals surface area contributed by atoms with Crippen molar-refractivity contribution in [3.8, 4) is 0 Å². The monoisotopic (exact) mass is 521 g/mol. The Morgan fingerprint density at radius 1 is 1.44 bits per heavy atom. The lowest BCUT2D eigenvalue weighted by Crippen LogP contribution is -2.53. The number of para-hydroxylation sites is 1. The average Bonchev–Trinajstić information content (AvgIpc) is 3.18. The van der Waals surface area contributed by atoms with Gasteiger partial charge in [0.2, 0.25) is 5.91 Å². The van der Waals surface area contributed by atoms with E-state index < -0.39 is 6.10 Å². The van der Waals surface area contributed by atoms with Crippen LogP contribution in [0.2, 0.25) is 10.0 Å². The fourth-order valence-corrected chi connectivity index (χ4v) is 7.90. The number of aliphatic hydroxyl groups is 1. The highest BCUT2D eigenvalue weighted by Gasteiger charge is 2.54.